The molecule has 1 fully saturated rings. The lowest BCUT2D eigenvalue weighted by atomic mass is 9.78. The van der Waals surface area contributed by atoms with E-state index in [9.17, 15) is 4.79 Å². The van der Waals surface area contributed by atoms with Gasteiger partial charge in [0, 0.05) is 5.92 Å². The number of rotatable bonds is 0. The van der Waals surface area contributed by atoms with E-state index < -0.39 is 0 Å². The van der Waals surface area contributed by atoms with Crippen molar-refractivity contribution in [3.8, 4) is 0 Å². The molecule has 0 N–H and O–H groups in total. The summed E-state index contributed by atoms with van der Waals surface area (Å²) in [6.07, 6.45) is 4.48. The number of esters is 1. The molecule has 1 saturated heterocycles. The van der Waals surface area contributed by atoms with Crippen LogP contribution in [-0.4, -0.2) is 12.6 Å². The lowest BCUT2D eigenvalue weighted by Crippen LogP contribution is -2.37. The van der Waals surface area contributed by atoms with Gasteiger partial charge in [-0.2, -0.15) is 0 Å². The van der Waals surface area contributed by atoms with Crippen LogP contribution in [-0.2, 0) is 9.53 Å². The lowest BCUT2D eigenvalue weighted by Gasteiger charge is -2.33. The lowest BCUT2D eigenvalue weighted by molar-refractivity contribution is -0.159. The molecule has 2 heteroatoms. The van der Waals surface area contributed by atoms with Crippen molar-refractivity contribution in [2.45, 2.75) is 12.8 Å². The predicted octanol–water partition coefficient (Wildman–Crippen LogP) is 1.13. The molecule has 2 aliphatic carbocycles. The number of ether oxygens (including phenoxy) is 1. The topological polar surface area (TPSA) is 26.3 Å². The molecule has 3 unspecified atom stereocenters. The van der Waals surface area contributed by atoms with Crippen molar-refractivity contribution >= 4 is 5.97 Å². The van der Waals surface area contributed by atoms with E-state index in [4.69, 9.17) is 4.74 Å². The number of hydrogen-bond donors (Lipinski definition) is 0. The van der Waals surface area contributed by atoms with E-state index in [1.54, 1.807) is 0 Å². The van der Waals surface area contributed by atoms with E-state index in [-0.39, 0.29) is 11.9 Å². The fourth-order valence-corrected chi connectivity index (χ4v) is 2.67. The molecule has 0 aromatic rings. The van der Waals surface area contributed by atoms with Crippen LogP contribution < -0.4 is 0 Å². The third-order valence-corrected chi connectivity index (χ3v) is 3.19. The third kappa shape index (κ3) is 0.602. The minimum absolute atomic E-state index is 0.0391. The van der Waals surface area contributed by atoms with E-state index in [0.717, 1.165) is 6.42 Å². The summed E-state index contributed by atoms with van der Waals surface area (Å²) in [6.45, 7) is 0.667. The molecular weight excluding hydrogens is 140 g/mol. The molecule has 2 nitrogen and oxygen atoms in total. The van der Waals surface area contributed by atoms with Crippen LogP contribution >= 0.6 is 0 Å². The van der Waals surface area contributed by atoms with Crippen molar-refractivity contribution in [1.29, 1.82) is 0 Å². The average Bonchev–Trinajstić information content (AvgIpc) is 2.54. The zero-order valence-corrected chi connectivity index (χ0v) is 6.25. The maximum absolute atomic E-state index is 11.2. The highest BCUT2D eigenvalue weighted by Crippen LogP contribution is 2.49. The molecule has 11 heavy (non-hydrogen) atoms. The number of hydrogen-bond acceptors (Lipinski definition) is 2. The van der Waals surface area contributed by atoms with Crippen LogP contribution in [0, 0.1) is 17.8 Å². The molecule has 0 spiro atoms. The molecule has 3 atom stereocenters. The molecule has 0 saturated carbocycles. The van der Waals surface area contributed by atoms with Crippen LogP contribution in [0.5, 0.6) is 0 Å². The van der Waals surface area contributed by atoms with E-state index in [2.05, 4.69) is 6.08 Å². The van der Waals surface area contributed by atoms with Gasteiger partial charge in [-0.05, 0) is 18.8 Å². The maximum atomic E-state index is 11.2. The fourth-order valence-electron chi connectivity index (χ4n) is 2.67. The maximum Gasteiger partial charge on any atom is 0.309 e. The molecule has 0 aromatic heterocycles. The van der Waals surface area contributed by atoms with Gasteiger partial charge in [0.2, 0.25) is 0 Å². The summed E-state index contributed by atoms with van der Waals surface area (Å²) < 4.78 is 5.07. The van der Waals surface area contributed by atoms with Gasteiger partial charge >= 0.3 is 5.97 Å². The smallest absolute Gasteiger partial charge is 0.309 e. The van der Waals surface area contributed by atoms with Gasteiger partial charge < -0.3 is 4.74 Å². The summed E-state index contributed by atoms with van der Waals surface area (Å²) in [6, 6.07) is 0. The minimum atomic E-state index is 0.0391. The third-order valence-electron chi connectivity index (χ3n) is 3.19. The quantitative estimate of drug-likeness (QED) is 0.382. The Morgan fingerprint density at radius 3 is 3.09 bits per heavy atom. The summed E-state index contributed by atoms with van der Waals surface area (Å²) in [7, 11) is 0. The van der Waals surface area contributed by atoms with Gasteiger partial charge in [0.05, 0.1) is 12.5 Å². The first kappa shape index (κ1) is 5.81. The number of carbonyl (C=O) groups is 1. The Bertz CT molecular complexity index is 254. The zero-order chi connectivity index (χ0) is 7.42. The molecule has 3 rings (SSSR count). The molecule has 0 amide bonds. The summed E-state index contributed by atoms with van der Waals surface area (Å²) in [5.41, 5.74) is 1.50. The van der Waals surface area contributed by atoms with Gasteiger partial charge in [-0.25, -0.2) is 0 Å². The Hall–Kier alpha value is -0.790. The molecule has 1 aliphatic heterocycles. The molecule has 0 aromatic carbocycles. The Kier molecular flexibility index (Phi) is 0.888. The Labute approximate surface area is 65.2 Å². The highest BCUT2D eigenvalue weighted by molar-refractivity contribution is 5.76. The Morgan fingerprint density at radius 2 is 2.36 bits per heavy atom. The number of allylic oxidation sites excluding steroid dienone is 2. The summed E-state index contributed by atoms with van der Waals surface area (Å²) in [5, 5.41) is 0. The van der Waals surface area contributed by atoms with Gasteiger partial charge in [-0.1, -0.05) is 11.6 Å². The van der Waals surface area contributed by atoms with Crippen LogP contribution in [0.4, 0.5) is 0 Å². The number of cyclic esters (lactones) is 1. The minimum Gasteiger partial charge on any atom is -0.465 e. The van der Waals surface area contributed by atoms with Gasteiger partial charge in [-0.15, -0.1) is 0 Å². The first-order valence-corrected chi connectivity index (χ1v) is 4.21. The van der Waals surface area contributed by atoms with Crippen molar-refractivity contribution < 1.29 is 9.53 Å². The van der Waals surface area contributed by atoms with Crippen LogP contribution in [0.25, 0.3) is 0 Å². The van der Waals surface area contributed by atoms with Crippen LogP contribution in [0.15, 0.2) is 11.6 Å². The second kappa shape index (κ2) is 1.68. The Morgan fingerprint density at radius 1 is 1.45 bits per heavy atom. The van der Waals surface area contributed by atoms with Gasteiger partial charge in [0.15, 0.2) is 0 Å². The van der Waals surface area contributed by atoms with Gasteiger partial charge in [0.1, 0.15) is 0 Å². The summed E-state index contributed by atoms with van der Waals surface area (Å²) in [5.74, 6) is 1.43. The average molecular weight is 150 g/mol. The highest BCUT2D eigenvalue weighted by Gasteiger charge is 2.47. The normalized spacial score (nSPS) is 45.6. The van der Waals surface area contributed by atoms with Crippen LogP contribution in [0.1, 0.15) is 12.8 Å². The van der Waals surface area contributed by atoms with Crippen molar-refractivity contribution in [1.82, 2.24) is 0 Å². The molecule has 3 aliphatic rings. The monoisotopic (exact) mass is 150 g/mol. The van der Waals surface area contributed by atoms with E-state index >= 15 is 0 Å². The summed E-state index contributed by atoms with van der Waals surface area (Å²) in [4.78, 5) is 11.2. The van der Waals surface area contributed by atoms with Gasteiger partial charge in [0.25, 0.3) is 0 Å². The molecule has 1 heterocycles. The predicted molar refractivity (Wildman–Crippen MR) is 38.7 cm³/mol. The summed E-state index contributed by atoms with van der Waals surface area (Å²) >= 11 is 0. The second-order valence-electron chi connectivity index (χ2n) is 3.81. The van der Waals surface area contributed by atoms with E-state index in [0.29, 0.717) is 18.4 Å². The first-order chi connectivity index (χ1) is 5.34. The fraction of sp³-hybridized carbons (Fsp3) is 0.667. The molecule has 58 valence electrons. The van der Waals surface area contributed by atoms with Crippen molar-refractivity contribution in [2.75, 3.05) is 6.61 Å². The Balaban J connectivity index is 1.99. The van der Waals surface area contributed by atoms with Crippen LogP contribution in [0.3, 0.4) is 0 Å². The first-order valence-electron chi connectivity index (χ1n) is 4.21. The largest absolute Gasteiger partial charge is 0.465 e. The highest BCUT2D eigenvalue weighted by atomic mass is 16.5. The molecule has 2 bridgehead atoms. The van der Waals surface area contributed by atoms with Gasteiger partial charge in [-0.3, -0.25) is 4.79 Å². The second-order valence-corrected chi connectivity index (χ2v) is 3.81. The molecule has 0 radical (unpaired) electrons. The molecular formula is C9H10O2. The zero-order valence-electron chi connectivity index (χ0n) is 6.25. The van der Waals surface area contributed by atoms with Crippen molar-refractivity contribution in [3.63, 3.8) is 0 Å². The SMILES string of the molecule is O=C1OCC2CC3=CC2C1C3. The number of carbonyl (C=O) groups excluding carboxylic acids is 1. The van der Waals surface area contributed by atoms with Crippen molar-refractivity contribution in [3.05, 3.63) is 11.6 Å². The van der Waals surface area contributed by atoms with Crippen molar-refractivity contribution in [2.24, 2.45) is 17.8 Å². The van der Waals surface area contributed by atoms with E-state index in [1.807, 2.05) is 0 Å². The van der Waals surface area contributed by atoms with E-state index in [1.165, 1.54) is 12.0 Å². The van der Waals surface area contributed by atoms with Crippen LogP contribution in [0.2, 0.25) is 0 Å². The standard InChI is InChI=1S/C9H10O2/c10-9-8-3-5-1-6(4-11-9)7(8)2-5/h2,6-8H,1,3-4H2.